The normalized spacial score (nSPS) is 14.5. The van der Waals surface area contributed by atoms with E-state index in [1.165, 1.54) is 0 Å². The Hall–Kier alpha value is -1.86. The molecular weight excluding hydrogens is 236 g/mol. The molecule has 2 aromatic rings. The Bertz CT molecular complexity index is 606. The molecule has 0 fully saturated rings. The monoisotopic (exact) mass is 256 g/mol. The van der Waals surface area contributed by atoms with E-state index in [4.69, 9.17) is 0 Å². The third-order valence-electron chi connectivity index (χ3n) is 3.52. The summed E-state index contributed by atoms with van der Waals surface area (Å²) in [5.41, 5.74) is 3.11. The maximum absolute atomic E-state index is 9.37. The molecule has 0 amide bonds. The van der Waals surface area contributed by atoms with Gasteiger partial charge in [0.15, 0.2) is 0 Å². The molecule has 0 aliphatic carbocycles. The summed E-state index contributed by atoms with van der Waals surface area (Å²) in [4.78, 5) is 7.64. The van der Waals surface area contributed by atoms with Crippen LogP contribution in [0.25, 0.3) is 11.0 Å². The molecule has 0 spiro atoms. The second-order valence-electron chi connectivity index (χ2n) is 5.26. The predicted molar refractivity (Wildman–Crippen MR) is 76.6 cm³/mol. The zero-order chi connectivity index (χ0) is 14.0. The number of nitrogens with zero attached hydrogens (tertiary/aromatic N) is 2. The molecule has 19 heavy (non-hydrogen) atoms. The van der Waals surface area contributed by atoms with Gasteiger partial charge in [-0.05, 0) is 37.6 Å². The Morgan fingerprint density at radius 2 is 2.11 bits per heavy atom. The van der Waals surface area contributed by atoms with Crippen molar-refractivity contribution in [3.05, 3.63) is 29.6 Å². The standard InChI is InChI=1S/C15H20N4/c1-9(2)12(8-16)15(17-4)11-5-6-13-14(7-11)19-10(3)18-13/h5-7,9,12,15,17H,1-4H3,(H,18,19). The Morgan fingerprint density at radius 1 is 1.37 bits per heavy atom. The first kappa shape index (κ1) is 13.6. The smallest absolute Gasteiger partial charge is 0.104 e. The highest BCUT2D eigenvalue weighted by molar-refractivity contribution is 5.76. The first-order valence-corrected chi connectivity index (χ1v) is 6.60. The van der Waals surface area contributed by atoms with Crippen molar-refractivity contribution in [2.24, 2.45) is 11.8 Å². The quantitative estimate of drug-likeness (QED) is 0.884. The van der Waals surface area contributed by atoms with Gasteiger partial charge in [-0.15, -0.1) is 0 Å². The third-order valence-corrected chi connectivity index (χ3v) is 3.52. The zero-order valence-corrected chi connectivity index (χ0v) is 11.9. The second-order valence-corrected chi connectivity index (χ2v) is 5.26. The van der Waals surface area contributed by atoms with Crippen molar-refractivity contribution in [2.75, 3.05) is 7.05 Å². The van der Waals surface area contributed by atoms with E-state index in [1.54, 1.807) is 0 Å². The number of nitriles is 1. The van der Waals surface area contributed by atoms with Gasteiger partial charge in [-0.3, -0.25) is 0 Å². The van der Waals surface area contributed by atoms with Crippen LogP contribution in [0.1, 0.15) is 31.3 Å². The molecule has 100 valence electrons. The van der Waals surface area contributed by atoms with Crippen LogP contribution < -0.4 is 5.32 Å². The van der Waals surface area contributed by atoms with Gasteiger partial charge < -0.3 is 10.3 Å². The highest BCUT2D eigenvalue weighted by Crippen LogP contribution is 2.29. The molecule has 0 radical (unpaired) electrons. The lowest BCUT2D eigenvalue weighted by atomic mass is 9.85. The van der Waals surface area contributed by atoms with Crippen LogP contribution in [0.5, 0.6) is 0 Å². The molecule has 0 bridgehead atoms. The predicted octanol–water partition coefficient (Wildman–Crippen LogP) is 2.93. The SMILES string of the molecule is CNC(c1ccc2nc(C)[nH]c2c1)C(C#N)C(C)C. The molecule has 1 aromatic carbocycles. The van der Waals surface area contributed by atoms with Gasteiger partial charge in [0.2, 0.25) is 0 Å². The summed E-state index contributed by atoms with van der Waals surface area (Å²) in [5.74, 6) is 1.17. The Kier molecular flexibility index (Phi) is 3.87. The summed E-state index contributed by atoms with van der Waals surface area (Å²) in [5, 5.41) is 12.6. The Labute approximate surface area is 113 Å². The molecule has 4 heteroatoms. The van der Waals surface area contributed by atoms with E-state index in [0.717, 1.165) is 22.4 Å². The van der Waals surface area contributed by atoms with Crippen molar-refractivity contribution >= 4 is 11.0 Å². The number of fused-ring (bicyclic) bond motifs is 1. The van der Waals surface area contributed by atoms with Crippen LogP contribution >= 0.6 is 0 Å². The zero-order valence-electron chi connectivity index (χ0n) is 11.9. The number of benzene rings is 1. The molecule has 0 aliphatic heterocycles. The van der Waals surface area contributed by atoms with E-state index >= 15 is 0 Å². The number of aryl methyl sites for hydroxylation is 1. The molecule has 0 saturated heterocycles. The summed E-state index contributed by atoms with van der Waals surface area (Å²) < 4.78 is 0. The van der Waals surface area contributed by atoms with Gasteiger partial charge in [0, 0.05) is 6.04 Å². The van der Waals surface area contributed by atoms with Crippen LogP contribution in [-0.4, -0.2) is 17.0 Å². The maximum atomic E-state index is 9.37. The highest BCUT2D eigenvalue weighted by atomic mass is 14.9. The Balaban J connectivity index is 2.43. The summed E-state index contributed by atoms with van der Waals surface area (Å²) in [7, 11) is 1.90. The van der Waals surface area contributed by atoms with Crippen molar-refractivity contribution < 1.29 is 0 Å². The largest absolute Gasteiger partial charge is 0.342 e. The lowest BCUT2D eigenvalue weighted by Crippen LogP contribution is -2.27. The summed E-state index contributed by atoms with van der Waals surface area (Å²) in [6, 6.07) is 8.60. The van der Waals surface area contributed by atoms with Gasteiger partial charge in [-0.1, -0.05) is 19.9 Å². The first-order chi connectivity index (χ1) is 9.06. The first-order valence-electron chi connectivity index (χ1n) is 6.60. The average molecular weight is 256 g/mol. The molecule has 0 aliphatic rings. The van der Waals surface area contributed by atoms with E-state index in [0.29, 0.717) is 5.92 Å². The lowest BCUT2D eigenvalue weighted by molar-refractivity contribution is 0.363. The third kappa shape index (κ3) is 2.61. The van der Waals surface area contributed by atoms with Gasteiger partial charge in [-0.2, -0.15) is 5.26 Å². The van der Waals surface area contributed by atoms with Gasteiger partial charge in [0.05, 0.1) is 23.0 Å². The molecule has 0 saturated carbocycles. The van der Waals surface area contributed by atoms with Crippen LogP contribution in [0, 0.1) is 30.1 Å². The topological polar surface area (TPSA) is 64.5 Å². The van der Waals surface area contributed by atoms with Crippen LogP contribution in [0.3, 0.4) is 0 Å². The minimum absolute atomic E-state index is 0.0398. The maximum Gasteiger partial charge on any atom is 0.104 e. The molecule has 4 nitrogen and oxygen atoms in total. The van der Waals surface area contributed by atoms with E-state index < -0.39 is 0 Å². The van der Waals surface area contributed by atoms with Crippen molar-refractivity contribution in [2.45, 2.75) is 26.8 Å². The number of H-pyrrole nitrogens is 1. The fourth-order valence-electron chi connectivity index (χ4n) is 2.51. The second kappa shape index (κ2) is 5.41. The molecule has 1 aromatic heterocycles. The summed E-state index contributed by atoms with van der Waals surface area (Å²) in [6.45, 7) is 6.11. The van der Waals surface area contributed by atoms with Crippen molar-refractivity contribution in [1.29, 1.82) is 5.26 Å². The van der Waals surface area contributed by atoms with Crippen LogP contribution in [0.15, 0.2) is 18.2 Å². The molecule has 2 N–H and O–H groups in total. The van der Waals surface area contributed by atoms with Gasteiger partial charge in [0.25, 0.3) is 0 Å². The molecule has 2 rings (SSSR count). The van der Waals surface area contributed by atoms with Gasteiger partial charge in [-0.25, -0.2) is 4.98 Å². The molecular formula is C15H20N4. The molecule has 2 atom stereocenters. The van der Waals surface area contributed by atoms with Crippen LogP contribution in [-0.2, 0) is 0 Å². The van der Waals surface area contributed by atoms with Crippen LogP contribution in [0.4, 0.5) is 0 Å². The lowest BCUT2D eigenvalue weighted by Gasteiger charge is -2.24. The fourth-order valence-corrected chi connectivity index (χ4v) is 2.51. The van der Waals surface area contributed by atoms with E-state index in [-0.39, 0.29) is 12.0 Å². The van der Waals surface area contributed by atoms with E-state index in [2.05, 4.69) is 47.3 Å². The minimum atomic E-state index is -0.0496. The number of imidazole rings is 1. The number of hydrogen-bond acceptors (Lipinski definition) is 3. The van der Waals surface area contributed by atoms with Crippen molar-refractivity contribution in [3.8, 4) is 6.07 Å². The number of nitrogens with one attached hydrogen (secondary N) is 2. The number of aromatic amines is 1. The van der Waals surface area contributed by atoms with Gasteiger partial charge >= 0.3 is 0 Å². The van der Waals surface area contributed by atoms with Crippen molar-refractivity contribution in [3.63, 3.8) is 0 Å². The number of hydrogen-bond donors (Lipinski definition) is 2. The van der Waals surface area contributed by atoms with Crippen LogP contribution in [0.2, 0.25) is 0 Å². The Morgan fingerprint density at radius 3 is 2.68 bits per heavy atom. The van der Waals surface area contributed by atoms with E-state index in [9.17, 15) is 5.26 Å². The average Bonchev–Trinajstić information content (AvgIpc) is 2.74. The minimum Gasteiger partial charge on any atom is -0.342 e. The summed E-state index contributed by atoms with van der Waals surface area (Å²) >= 11 is 0. The number of rotatable bonds is 4. The van der Waals surface area contributed by atoms with Crippen molar-refractivity contribution in [1.82, 2.24) is 15.3 Å². The number of aromatic nitrogens is 2. The molecule has 1 heterocycles. The molecule has 2 unspecified atom stereocenters. The van der Waals surface area contributed by atoms with E-state index in [1.807, 2.05) is 20.0 Å². The summed E-state index contributed by atoms with van der Waals surface area (Å²) in [6.07, 6.45) is 0. The fraction of sp³-hybridized carbons (Fsp3) is 0.467. The van der Waals surface area contributed by atoms with Gasteiger partial charge in [0.1, 0.15) is 5.82 Å². The highest BCUT2D eigenvalue weighted by Gasteiger charge is 2.24.